The van der Waals surface area contributed by atoms with Gasteiger partial charge in [-0.05, 0) is 61.8 Å². The zero-order valence-corrected chi connectivity index (χ0v) is 21.6. The average molecular weight is 508 g/mol. The maximum Gasteiger partial charge on any atom is 0.178 e. The summed E-state index contributed by atoms with van der Waals surface area (Å²) in [5.74, 6) is 0.0960. The number of allylic oxidation sites excluding steroid dienone is 4. The van der Waals surface area contributed by atoms with Crippen molar-refractivity contribution in [2.75, 3.05) is 5.75 Å². The van der Waals surface area contributed by atoms with E-state index >= 15 is 0 Å². The van der Waals surface area contributed by atoms with Gasteiger partial charge in [0.1, 0.15) is 11.4 Å². The number of fused-ring (bicyclic) bond motifs is 6. The van der Waals surface area contributed by atoms with Crippen molar-refractivity contribution in [2.24, 2.45) is 28.6 Å². The second-order valence-corrected chi connectivity index (χ2v) is 13.3. The Morgan fingerprint density at radius 3 is 2.83 bits per heavy atom. The van der Waals surface area contributed by atoms with Gasteiger partial charge in [-0.25, -0.2) is 4.98 Å². The molecular weight excluding hydrogens is 478 g/mol. The lowest BCUT2D eigenvalue weighted by Crippen LogP contribution is -2.60. The van der Waals surface area contributed by atoms with E-state index in [-0.39, 0.29) is 47.3 Å². The number of para-hydroxylation sites is 1. The van der Waals surface area contributed by atoms with Gasteiger partial charge in [-0.2, -0.15) is 0 Å². The first-order valence-electron chi connectivity index (χ1n) is 12.4. The van der Waals surface area contributed by atoms with Crippen LogP contribution in [0.1, 0.15) is 46.0 Å². The first-order chi connectivity index (χ1) is 16.7. The molecule has 6 atom stereocenters. The lowest BCUT2D eigenvalue weighted by atomic mass is 9.46. The molecule has 7 heteroatoms. The fourth-order valence-corrected chi connectivity index (χ4v) is 9.69. The van der Waals surface area contributed by atoms with Crippen LogP contribution in [0.3, 0.4) is 0 Å². The fourth-order valence-electron chi connectivity index (χ4n) is 7.65. The molecule has 3 fully saturated rings. The largest absolute Gasteiger partial charge is 0.381 e. The minimum atomic E-state index is -1.50. The predicted octanol–water partition coefficient (Wildman–Crippen LogP) is 5.18. The number of ketones is 3. The van der Waals surface area contributed by atoms with Gasteiger partial charge in [0.05, 0.1) is 16.0 Å². The number of aliphatic hydroxyl groups is 1. The van der Waals surface area contributed by atoms with Gasteiger partial charge in [-0.15, -0.1) is 11.3 Å². The van der Waals surface area contributed by atoms with Gasteiger partial charge in [-0.3, -0.25) is 14.4 Å². The number of benzene rings is 1. The highest BCUT2D eigenvalue weighted by Crippen LogP contribution is 2.66. The van der Waals surface area contributed by atoms with Crippen LogP contribution in [0.4, 0.5) is 0 Å². The minimum absolute atomic E-state index is 0.00418. The van der Waals surface area contributed by atoms with Crippen molar-refractivity contribution in [3.8, 4) is 0 Å². The van der Waals surface area contributed by atoms with Crippen molar-refractivity contribution >= 4 is 50.7 Å². The quantitative estimate of drug-likeness (QED) is 0.575. The molecule has 5 unspecified atom stereocenters. The van der Waals surface area contributed by atoms with Crippen LogP contribution in [0.25, 0.3) is 10.2 Å². The SMILES string of the molecule is CC12C=CC(=O)C=C1CCC1C2C(=O)CC2(C)C1CC[C@]2(O)C(=O)CSc1nc2ccccc2s1. The maximum absolute atomic E-state index is 13.7. The Labute approximate surface area is 213 Å². The summed E-state index contributed by atoms with van der Waals surface area (Å²) in [4.78, 5) is 43.9. The number of carbonyl (C=O) groups excluding carboxylic acids is 3. The average Bonchev–Trinajstić information content (AvgIpc) is 3.36. The topological polar surface area (TPSA) is 84.3 Å². The summed E-state index contributed by atoms with van der Waals surface area (Å²) in [6.07, 6.45) is 8.21. The molecule has 0 saturated heterocycles. The highest BCUT2D eigenvalue weighted by molar-refractivity contribution is 8.01. The molecule has 6 rings (SSSR count). The lowest BCUT2D eigenvalue weighted by Gasteiger charge is -2.56. The van der Waals surface area contributed by atoms with Crippen molar-refractivity contribution in [1.82, 2.24) is 4.98 Å². The number of thioether (sulfide) groups is 1. The molecule has 35 heavy (non-hydrogen) atoms. The molecule has 182 valence electrons. The monoisotopic (exact) mass is 507 g/mol. The minimum Gasteiger partial charge on any atom is -0.381 e. The number of aromatic nitrogens is 1. The molecule has 1 aromatic heterocycles. The summed E-state index contributed by atoms with van der Waals surface area (Å²) in [5.41, 5.74) is -0.733. The summed E-state index contributed by atoms with van der Waals surface area (Å²) in [5, 5.41) is 11.9. The van der Waals surface area contributed by atoms with E-state index in [4.69, 9.17) is 0 Å². The predicted molar refractivity (Wildman–Crippen MR) is 137 cm³/mol. The van der Waals surface area contributed by atoms with Crippen LogP contribution in [-0.2, 0) is 14.4 Å². The van der Waals surface area contributed by atoms with Crippen LogP contribution in [-0.4, -0.2) is 38.8 Å². The van der Waals surface area contributed by atoms with Crippen LogP contribution in [0.2, 0.25) is 0 Å². The Kier molecular flexibility index (Phi) is 5.30. The third kappa shape index (κ3) is 3.31. The zero-order chi connectivity index (χ0) is 24.6. The van der Waals surface area contributed by atoms with Crippen molar-refractivity contribution < 1.29 is 19.5 Å². The second-order valence-electron chi connectivity index (χ2n) is 11.1. The van der Waals surface area contributed by atoms with Crippen LogP contribution in [0.5, 0.6) is 0 Å². The fraction of sp³-hybridized carbons (Fsp3) is 0.500. The van der Waals surface area contributed by atoms with E-state index in [0.717, 1.165) is 39.4 Å². The van der Waals surface area contributed by atoms with E-state index < -0.39 is 16.4 Å². The number of hydrogen-bond donors (Lipinski definition) is 1. The first kappa shape index (κ1) is 23.3. The third-order valence-electron chi connectivity index (χ3n) is 9.47. The summed E-state index contributed by atoms with van der Waals surface area (Å²) in [6, 6.07) is 7.89. The number of hydrogen-bond acceptors (Lipinski definition) is 7. The van der Waals surface area contributed by atoms with Gasteiger partial charge in [-0.1, -0.05) is 49.4 Å². The first-order valence-corrected chi connectivity index (χ1v) is 14.2. The van der Waals surface area contributed by atoms with Crippen LogP contribution in [0.15, 0.2) is 52.4 Å². The van der Waals surface area contributed by atoms with Crippen molar-refractivity contribution in [3.05, 3.63) is 48.1 Å². The van der Waals surface area contributed by atoms with E-state index in [1.165, 1.54) is 11.8 Å². The second kappa shape index (κ2) is 7.95. The van der Waals surface area contributed by atoms with Crippen molar-refractivity contribution in [1.29, 1.82) is 0 Å². The highest BCUT2D eigenvalue weighted by atomic mass is 32.2. The molecule has 1 aromatic carbocycles. The maximum atomic E-state index is 13.7. The molecule has 0 spiro atoms. The van der Waals surface area contributed by atoms with Gasteiger partial charge in [0.2, 0.25) is 0 Å². The van der Waals surface area contributed by atoms with E-state index in [1.54, 1.807) is 23.5 Å². The molecule has 1 N–H and O–H groups in total. The molecule has 3 saturated carbocycles. The molecule has 0 amide bonds. The van der Waals surface area contributed by atoms with Crippen LogP contribution < -0.4 is 0 Å². The van der Waals surface area contributed by atoms with Crippen molar-refractivity contribution in [2.45, 2.75) is 55.9 Å². The van der Waals surface area contributed by atoms with Crippen molar-refractivity contribution in [3.63, 3.8) is 0 Å². The van der Waals surface area contributed by atoms with E-state index in [1.807, 2.05) is 37.3 Å². The number of rotatable bonds is 4. The molecule has 0 aliphatic heterocycles. The highest BCUT2D eigenvalue weighted by Gasteiger charge is 2.68. The van der Waals surface area contributed by atoms with Gasteiger partial charge < -0.3 is 5.11 Å². The summed E-state index contributed by atoms with van der Waals surface area (Å²) >= 11 is 2.94. The van der Waals surface area contributed by atoms with Gasteiger partial charge in [0.25, 0.3) is 0 Å². The Balaban J connectivity index is 1.25. The molecule has 2 aromatic rings. The molecule has 1 heterocycles. The third-order valence-corrected chi connectivity index (χ3v) is 11.7. The molecule has 5 nitrogen and oxygen atoms in total. The van der Waals surface area contributed by atoms with E-state index in [9.17, 15) is 19.5 Å². The molecule has 4 aliphatic rings. The standard InChI is InChI=1S/C28H29NO4S2/c1-26-11-9-17(30)13-16(26)7-8-18-19-10-12-28(33,27(19,2)14-21(31)24(18)26)23(32)15-34-25-29-20-5-3-4-6-22(20)35-25/h3-6,9,11,13,18-19,24,33H,7-8,10,12,14-15H2,1-2H3/t18?,19?,24?,26?,27?,28-/m0/s1. The zero-order valence-electron chi connectivity index (χ0n) is 20.0. The van der Waals surface area contributed by atoms with Gasteiger partial charge in [0, 0.05) is 23.2 Å². The van der Waals surface area contributed by atoms with E-state index in [0.29, 0.717) is 6.42 Å². The molecule has 0 bridgehead atoms. The van der Waals surface area contributed by atoms with Crippen LogP contribution >= 0.6 is 23.1 Å². The summed E-state index contributed by atoms with van der Waals surface area (Å²) in [6.45, 7) is 4.05. The molecule has 0 radical (unpaired) electrons. The Morgan fingerprint density at radius 1 is 1.23 bits per heavy atom. The normalized spacial score (nSPS) is 38.1. The van der Waals surface area contributed by atoms with E-state index in [2.05, 4.69) is 11.9 Å². The molecular formula is C28H29NO4S2. The Morgan fingerprint density at radius 2 is 2.03 bits per heavy atom. The van der Waals surface area contributed by atoms with Crippen LogP contribution in [0, 0.1) is 28.6 Å². The van der Waals surface area contributed by atoms with Gasteiger partial charge >= 0.3 is 0 Å². The summed E-state index contributed by atoms with van der Waals surface area (Å²) in [7, 11) is 0. The smallest absolute Gasteiger partial charge is 0.178 e. The number of thiazole rings is 1. The summed E-state index contributed by atoms with van der Waals surface area (Å²) < 4.78 is 1.90. The number of carbonyl (C=O) groups is 3. The Bertz CT molecular complexity index is 1290. The number of nitrogens with zero attached hydrogens (tertiary/aromatic N) is 1. The van der Waals surface area contributed by atoms with Gasteiger partial charge in [0.15, 0.2) is 15.9 Å². The lowest BCUT2D eigenvalue weighted by molar-refractivity contribution is -0.165. The number of Topliss-reactive ketones (excluding diaryl/α,β-unsaturated/α-hetero) is 2. The molecule has 4 aliphatic carbocycles. The Hall–Kier alpha value is -2.09.